The van der Waals surface area contributed by atoms with Crippen LogP contribution in [0.25, 0.3) is 21.1 Å². The third kappa shape index (κ3) is 4.71. The van der Waals surface area contributed by atoms with E-state index >= 15 is 0 Å². The Hall–Kier alpha value is -3.92. The molecule has 3 aromatic heterocycles. The van der Waals surface area contributed by atoms with Gasteiger partial charge in [0.25, 0.3) is 5.91 Å². The predicted octanol–water partition coefficient (Wildman–Crippen LogP) is 6.04. The molecule has 1 saturated carbocycles. The number of ether oxygens (including phenoxy) is 1. The van der Waals surface area contributed by atoms with Gasteiger partial charge in [-0.15, -0.1) is 11.3 Å². The largest absolute Gasteiger partial charge is 0.383 e. The number of anilines is 2. The zero-order chi connectivity index (χ0) is 28.2. The number of nitrogens with two attached hydrogens (primary N) is 1. The molecule has 3 aliphatic rings. The number of nitrogens with zero attached hydrogens (tertiary/aromatic N) is 4. The first-order valence-electron chi connectivity index (χ1n) is 14.8. The minimum atomic E-state index is -0.0899. The molecule has 9 heteroatoms. The Labute approximate surface area is 247 Å². The van der Waals surface area contributed by atoms with Crippen molar-refractivity contribution >= 4 is 49.9 Å². The van der Waals surface area contributed by atoms with E-state index in [0.29, 0.717) is 43.0 Å². The van der Waals surface area contributed by atoms with Gasteiger partial charge in [-0.2, -0.15) is 0 Å². The van der Waals surface area contributed by atoms with Gasteiger partial charge in [0.2, 0.25) is 0 Å². The number of nitrogens with one attached hydrogen (secondary N) is 1. The van der Waals surface area contributed by atoms with E-state index in [-0.39, 0.29) is 5.91 Å². The summed E-state index contributed by atoms with van der Waals surface area (Å²) in [5.74, 6) is 1.45. The van der Waals surface area contributed by atoms with Gasteiger partial charge in [0.1, 0.15) is 5.82 Å². The van der Waals surface area contributed by atoms with Crippen molar-refractivity contribution in [1.82, 2.24) is 20.3 Å². The summed E-state index contributed by atoms with van der Waals surface area (Å²) in [4.78, 5) is 30.3. The number of carbonyl (C=O) groups excluding carboxylic acids is 1. The minimum Gasteiger partial charge on any atom is -0.383 e. The second-order valence-electron chi connectivity index (χ2n) is 11.7. The molecule has 5 aromatic rings. The summed E-state index contributed by atoms with van der Waals surface area (Å²) in [6, 6.07) is 16.3. The maximum absolute atomic E-state index is 14.1. The van der Waals surface area contributed by atoms with Crippen LogP contribution in [0.15, 0.2) is 54.7 Å². The van der Waals surface area contributed by atoms with Gasteiger partial charge >= 0.3 is 0 Å². The van der Waals surface area contributed by atoms with Crippen LogP contribution in [0.1, 0.15) is 75.3 Å². The quantitative estimate of drug-likeness (QED) is 0.254. The summed E-state index contributed by atoms with van der Waals surface area (Å²) in [5.41, 5.74) is 13.6. The van der Waals surface area contributed by atoms with Crippen molar-refractivity contribution in [3.63, 3.8) is 0 Å². The highest BCUT2D eigenvalue weighted by molar-refractivity contribution is 7.18. The Bertz CT molecular complexity index is 1820. The Morgan fingerprint density at radius 1 is 0.952 bits per heavy atom. The Morgan fingerprint density at radius 3 is 2.62 bits per heavy atom. The third-order valence-electron chi connectivity index (χ3n) is 8.80. The number of carbonyl (C=O) groups is 1. The van der Waals surface area contributed by atoms with Crippen molar-refractivity contribution in [3.05, 3.63) is 87.7 Å². The van der Waals surface area contributed by atoms with E-state index in [1.54, 1.807) is 17.5 Å². The van der Waals surface area contributed by atoms with Crippen LogP contribution in [0.3, 0.4) is 0 Å². The molecule has 1 aliphatic carbocycles. The molecular formula is C33H32N6O2S. The third-order valence-corrected chi connectivity index (χ3v) is 10.00. The number of hydrogen-bond donors (Lipinski definition) is 2. The van der Waals surface area contributed by atoms with Gasteiger partial charge in [-0.05, 0) is 86.3 Å². The summed E-state index contributed by atoms with van der Waals surface area (Å²) in [5, 5.41) is 5.68. The molecule has 1 saturated heterocycles. The average molecular weight is 577 g/mol. The highest BCUT2D eigenvalue weighted by Gasteiger charge is 2.27. The van der Waals surface area contributed by atoms with Crippen molar-refractivity contribution in [3.8, 4) is 0 Å². The monoisotopic (exact) mass is 576 g/mol. The summed E-state index contributed by atoms with van der Waals surface area (Å²) >= 11 is 1.77. The molecule has 2 fully saturated rings. The van der Waals surface area contributed by atoms with E-state index < -0.39 is 0 Å². The lowest BCUT2D eigenvalue weighted by molar-refractivity contribution is 0.0984. The maximum Gasteiger partial charge on any atom is 0.260 e. The molecule has 0 atom stereocenters. The molecule has 1 amide bonds. The second kappa shape index (κ2) is 10.4. The van der Waals surface area contributed by atoms with Crippen molar-refractivity contribution in [2.24, 2.45) is 0 Å². The molecular weight excluding hydrogens is 544 g/mol. The molecule has 0 bridgehead atoms. The molecule has 0 radical (unpaired) electrons. The number of pyridine rings is 2. The fraction of sp³-hybridized carbons (Fsp3) is 0.333. The second-order valence-corrected chi connectivity index (χ2v) is 12.7. The highest BCUT2D eigenvalue weighted by atomic mass is 32.1. The lowest BCUT2D eigenvalue weighted by Gasteiger charge is -2.23. The van der Waals surface area contributed by atoms with E-state index in [1.165, 1.54) is 17.8 Å². The lowest BCUT2D eigenvalue weighted by Crippen LogP contribution is -2.30. The molecule has 42 heavy (non-hydrogen) atoms. The Balaban J connectivity index is 1.16. The van der Waals surface area contributed by atoms with Crippen molar-refractivity contribution in [2.75, 3.05) is 23.7 Å². The minimum absolute atomic E-state index is 0.0899. The van der Waals surface area contributed by atoms with Gasteiger partial charge in [-0.3, -0.25) is 9.78 Å². The van der Waals surface area contributed by atoms with E-state index in [1.807, 2.05) is 29.2 Å². The summed E-state index contributed by atoms with van der Waals surface area (Å²) in [7, 11) is 0. The highest BCUT2D eigenvalue weighted by Crippen LogP contribution is 2.39. The maximum atomic E-state index is 14.1. The van der Waals surface area contributed by atoms with Crippen molar-refractivity contribution in [2.45, 2.75) is 57.3 Å². The molecule has 2 aliphatic heterocycles. The lowest BCUT2D eigenvalue weighted by atomic mass is 9.99. The molecule has 0 spiro atoms. The average Bonchev–Trinajstić information content (AvgIpc) is 3.59. The fourth-order valence-electron chi connectivity index (χ4n) is 6.23. The molecule has 3 N–H and O–H groups in total. The van der Waals surface area contributed by atoms with Crippen LogP contribution in [0.4, 0.5) is 11.5 Å². The molecule has 0 unspecified atom stereocenters. The predicted molar refractivity (Wildman–Crippen MR) is 166 cm³/mol. The van der Waals surface area contributed by atoms with Gasteiger partial charge < -0.3 is 20.7 Å². The van der Waals surface area contributed by atoms with Crippen LogP contribution in [0.2, 0.25) is 0 Å². The number of hydrogen-bond acceptors (Lipinski definition) is 8. The molecule has 212 valence electrons. The van der Waals surface area contributed by atoms with E-state index in [9.17, 15) is 4.79 Å². The van der Waals surface area contributed by atoms with Crippen molar-refractivity contribution in [1.29, 1.82) is 0 Å². The zero-order valence-electron chi connectivity index (χ0n) is 23.3. The zero-order valence-corrected chi connectivity index (χ0v) is 24.1. The number of thiazole rings is 1. The Morgan fingerprint density at radius 2 is 1.81 bits per heavy atom. The van der Waals surface area contributed by atoms with Gasteiger partial charge in [0.15, 0.2) is 0 Å². The van der Waals surface area contributed by atoms with Crippen LogP contribution >= 0.6 is 11.3 Å². The standard InChI is InChI=1S/C33H32N6O2S/c34-31-26-18-41-17-25(26)24-6-1-19(13-28(24)37-31)16-39(33(40)22-4-7-27(36-15-22)20-2-3-20)23-5-8-30-29(14-23)38-32(42-30)21-9-11-35-12-10-21/h1,4-8,13-15,20-21,35H,2-3,9-12,16-18H2,(H2,34,37). The fourth-order valence-corrected chi connectivity index (χ4v) is 7.35. The number of amides is 1. The number of fused-ring (bicyclic) bond motifs is 4. The molecule has 2 aromatic carbocycles. The number of nitrogen functional groups attached to an aromatic ring is 1. The molecule has 5 heterocycles. The first-order valence-corrected chi connectivity index (χ1v) is 15.6. The van der Waals surface area contributed by atoms with Gasteiger partial charge in [0, 0.05) is 40.4 Å². The van der Waals surface area contributed by atoms with Crippen LogP contribution in [0.5, 0.6) is 0 Å². The van der Waals surface area contributed by atoms with E-state index in [0.717, 1.165) is 75.1 Å². The number of piperidine rings is 1. The van der Waals surface area contributed by atoms with E-state index in [2.05, 4.69) is 39.6 Å². The normalized spacial score (nSPS) is 17.1. The smallest absolute Gasteiger partial charge is 0.260 e. The van der Waals surface area contributed by atoms with Gasteiger partial charge in [-0.25, -0.2) is 9.97 Å². The summed E-state index contributed by atoms with van der Waals surface area (Å²) < 4.78 is 6.80. The molecule has 8 nitrogen and oxygen atoms in total. The van der Waals surface area contributed by atoms with Gasteiger partial charge in [-0.1, -0.05) is 12.1 Å². The Kier molecular flexibility index (Phi) is 6.39. The summed E-state index contributed by atoms with van der Waals surface area (Å²) in [6.07, 6.45) is 6.30. The summed E-state index contributed by atoms with van der Waals surface area (Å²) in [6.45, 7) is 3.48. The first kappa shape index (κ1) is 25.8. The van der Waals surface area contributed by atoms with Crippen LogP contribution in [-0.4, -0.2) is 33.9 Å². The first-order chi connectivity index (χ1) is 20.6. The number of aromatic nitrogens is 3. The van der Waals surface area contributed by atoms with Crippen LogP contribution in [-0.2, 0) is 24.5 Å². The number of rotatable bonds is 6. The SMILES string of the molecule is Nc1nc2cc(CN(C(=O)c3ccc(C4CC4)nc3)c3ccc4sc(C5CCNCC5)nc4c3)ccc2c2c1COC2. The van der Waals surface area contributed by atoms with Crippen molar-refractivity contribution < 1.29 is 9.53 Å². The van der Waals surface area contributed by atoms with Crippen LogP contribution in [0, 0.1) is 0 Å². The number of benzene rings is 2. The van der Waals surface area contributed by atoms with E-state index in [4.69, 9.17) is 15.5 Å². The van der Waals surface area contributed by atoms with Gasteiger partial charge in [0.05, 0.1) is 46.1 Å². The van der Waals surface area contributed by atoms with Crippen LogP contribution < -0.4 is 16.0 Å². The molecule has 8 rings (SSSR count). The topological polar surface area (TPSA) is 106 Å².